The summed E-state index contributed by atoms with van der Waals surface area (Å²) in [7, 11) is 0. The summed E-state index contributed by atoms with van der Waals surface area (Å²) in [6, 6.07) is 14.9. The fraction of sp³-hybridized carbons (Fsp3) is 0.190. The number of para-hydroxylation sites is 2. The lowest BCUT2D eigenvalue weighted by molar-refractivity contribution is -0.116. The number of nitrogens with one attached hydrogen (secondary N) is 1. The van der Waals surface area contributed by atoms with Crippen molar-refractivity contribution in [2.24, 2.45) is 0 Å². The summed E-state index contributed by atoms with van der Waals surface area (Å²) >= 11 is 12.5. The third-order valence-electron chi connectivity index (χ3n) is 4.71. The first-order valence-electron chi connectivity index (χ1n) is 9.25. The van der Waals surface area contributed by atoms with Crippen LogP contribution in [0.3, 0.4) is 0 Å². The summed E-state index contributed by atoms with van der Waals surface area (Å²) in [6.07, 6.45) is 2.37. The summed E-state index contributed by atoms with van der Waals surface area (Å²) in [5.41, 5.74) is 2.58. The van der Waals surface area contributed by atoms with Crippen molar-refractivity contribution in [2.75, 3.05) is 5.32 Å². The second kappa shape index (κ2) is 8.27. The Morgan fingerprint density at radius 2 is 1.83 bits per heavy atom. The molecule has 1 N–H and O–H groups in total. The lowest BCUT2D eigenvalue weighted by Gasteiger charge is -2.12. The number of halogens is 2. The van der Waals surface area contributed by atoms with Crippen LogP contribution >= 0.6 is 23.2 Å². The molecule has 148 valence electrons. The second-order valence-corrected chi connectivity index (χ2v) is 7.39. The van der Waals surface area contributed by atoms with Gasteiger partial charge in [0.05, 0.1) is 23.8 Å². The summed E-state index contributed by atoms with van der Waals surface area (Å²) in [5.74, 6) is 1.29. The van der Waals surface area contributed by atoms with E-state index in [2.05, 4.69) is 15.4 Å². The van der Waals surface area contributed by atoms with E-state index >= 15 is 0 Å². The van der Waals surface area contributed by atoms with E-state index in [-0.39, 0.29) is 12.5 Å². The van der Waals surface area contributed by atoms with Crippen molar-refractivity contribution in [1.82, 2.24) is 19.3 Å². The molecule has 4 rings (SSSR count). The Morgan fingerprint density at radius 1 is 1.07 bits per heavy atom. The van der Waals surface area contributed by atoms with Crippen LogP contribution in [0.15, 0.2) is 54.7 Å². The number of carbonyl (C=O) groups is 1. The van der Waals surface area contributed by atoms with Crippen molar-refractivity contribution < 1.29 is 4.79 Å². The molecule has 0 aliphatic rings. The Bertz CT molecular complexity index is 1160. The third-order valence-corrected chi connectivity index (χ3v) is 5.41. The summed E-state index contributed by atoms with van der Waals surface area (Å²) in [5, 5.41) is 8.34. The molecule has 0 aliphatic carbocycles. The van der Waals surface area contributed by atoms with Gasteiger partial charge in [-0.05, 0) is 24.3 Å². The van der Waals surface area contributed by atoms with Gasteiger partial charge in [-0.1, -0.05) is 48.3 Å². The molecule has 2 aromatic heterocycles. The number of aryl methyl sites for hydroxylation is 1. The zero-order chi connectivity index (χ0) is 20.4. The smallest absolute Gasteiger partial charge is 0.245 e. The topological polar surface area (TPSA) is 64.7 Å². The predicted octanol–water partition coefficient (Wildman–Crippen LogP) is 4.79. The number of benzene rings is 2. The Labute approximate surface area is 178 Å². The van der Waals surface area contributed by atoms with Crippen molar-refractivity contribution in [3.63, 3.8) is 0 Å². The van der Waals surface area contributed by atoms with E-state index < -0.39 is 0 Å². The van der Waals surface area contributed by atoms with E-state index in [0.29, 0.717) is 22.4 Å². The predicted molar refractivity (Wildman–Crippen MR) is 116 cm³/mol. The van der Waals surface area contributed by atoms with Gasteiger partial charge >= 0.3 is 0 Å². The van der Waals surface area contributed by atoms with Crippen LogP contribution in [0.5, 0.6) is 0 Å². The molecule has 0 radical (unpaired) electrons. The van der Waals surface area contributed by atoms with Crippen molar-refractivity contribution in [3.05, 3.63) is 76.2 Å². The fourth-order valence-electron chi connectivity index (χ4n) is 3.30. The van der Waals surface area contributed by atoms with Gasteiger partial charge in [0.15, 0.2) is 0 Å². The Balaban J connectivity index is 1.54. The van der Waals surface area contributed by atoms with Crippen LogP contribution in [0.1, 0.15) is 18.3 Å². The van der Waals surface area contributed by atoms with Gasteiger partial charge in [-0.3, -0.25) is 4.79 Å². The van der Waals surface area contributed by atoms with Gasteiger partial charge in [0.25, 0.3) is 0 Å². The van der Waals surface area contributed by atoms with Crippen LogP contribution in [-0.2, 0) is 24.3 Å². The van der Waals surface area contributed by atoms with Gasteiger partial charge in [0.1, 0.15) is 18.2 Å². The average molecular weight is 428 g/mol. The number of hydrogen-bond donors (Lipinski definition) is 1. The Kier molecular flexibility index (Phi) is 5.56. The van der Waals surface area contributed by atoms with Gasteiger partial charge in [0, 0.05) is 28.1 Å². The zero-order valence-corrected chi connectivity index (χ0v) is 17.3. The lowest BCUT2D eigenvalue weighted by atomic mass is 10.2. The number of carbonyl (C=O) groups excluding carboxylic acids is 1. The minimum absolute atomic E-state index is 0.158. The van der Waals surface area contributed by atoms with Gasteiger partial charge < -0.3 is 9.88 Å². The average Bonchev–Trinajstić information content (AvgIpc) is 3.29. The molecule has 8 heteroatoms. The number of aromatic nitrogens is 4. The maximum Gasteiger partial charge on any atom is 0.245 e. The first kappa shape index (κ1) is 19.5. The van der Waals surface area contributed by atoms with Gasteiger partial charge in [-0.25, -0.2) is 9.67 Å². The van der Waals surface area contributed by atoms with Crippen molar-refractivity contribution in [1.29, 1.82) is 0 Å². The minimum atomic E-state index is -0.158. The number of rotatable bonds is 6. The van der Waals surface area contributed by atoms with Crippen LogP contribution in [0, 0.1) is 0 Å². The summed E-state index contributed by atoms with van der Waals surface area (Å²) in [4.78, 5) is 17.4. The lowest BCUT2D eigenvalue weighted by Crippen LogP contribution is -2.22. The first-order chi connectivity index (χ1) is 14.1. The summed E-state index contributed by atoms with van der Waals surface area (Å²) in [6.45, 7) is 2.55. The van der Waals surface area contributed by atoms with Gasteiger partial charge in [0.2, 0.25) is 5.91 Å². The van der Waals surface area contributed by atoms with E-state index in [1.165, 1.54) is 0 Å². The maximum absolute atomic E-state index is 12.8. The van der Waals surface area contributed by atoms with Crippen LogP contribution < -0.4 is 5.32 Å². The van der Waals surface area contributed by atoms with E-state index in [9.17, 15) is 4.79 Å². The molecular formula is C21H19Cl2N5O. The molecular weight excluding hydrogens is 409 g/mol. The largest absolute Gasteiger partial charge is 0.318 e. The second-order valence-electron chi connectivity index (χ2n) is 6.58. The molecule has 4 aromatic rings. The SMILES string of the molecule is CCc1nc2ccccc2n1CC(=O)Nc1ccnn1Cc1c(Cl)cccc1Cl. The third kappa shape index (κ3) is 3.99. The first-order valence-corrected chi connectivity index (χ1v) is 10.0. The monoisotopic (exact) mass is 427 g/mol. The summed E-state index contributed by atoms with van der Waals surface area (Å²) < 4.78 is 3.61. The number of amides is 1. The van der Waals surface area contributed by atoms with Crippen molar-refractivity contribution in [3.8, 4) is 0 Å². The van der Waals surface area contributed by atoms with E-state index in [4.69, 9.17) is 23.2 Å². The minimum Gasteiger partial charge on any atom is -0.318 e. The molecule has 2 aromatic carbocycles. The molecule has 0 unspecified atom stereocenters. The normalized spacial score (nSPS) is 11.1. The standard InChI is InChI=1S/C21H19Cl2N5O/c1-2-19-25-17-8-3-4-9-18(17)27(19)13-21(29)26-20-10-11-24-28(20)12-14-15(22)6-5-7-16(14)23/h3-11H,2,12-13H2,1H3,(H,26,29). The molecule has 0 bridgehead atoms. The molecule has 0 fully saturated rings. The van der Waals surface area contributed by atoms with Crippen LogP contribution in [0.2, 0.25) is 10.0 Å². The highest BCUT2D eigenvalue weighted by Crippen LogP contribution is 2.26. The number of anilines is 1. The quantitative estimate of drug-likeness (QED) is 0.480. The molecule has 6 nitrogen and oxygen atoms in total. The molecule has 0 saturated carbocycles. The molecule has 0 atom stereocenters. The Hall–Kier alpha value is -2.83. The van der Waals surface area contributed by atoms with Crippen LogP contribution in [0.4, 0.5) is 5.82 Å². The van der Waals surface area contributed by atoms with E-state index in [0.717, 1.165) is 28.8 Å². The molecule has 29 heavy (non-hydrogen) atoms. The zero-order valence-electron chi connectivity index (χ0n) is 15.8. The molecule has 1 amide bonds. The number of fused-ring (bicyclic) bond motifs is 1. The highest BCUT2D eigenvalue weighted by atomic mass is 35.5. The molecule has 2 heterocycles. The highest BCUT2D eigenvalue weighted by molar-refractivity contribution is 6.36. The van der Waals surface area contributed by atoms with Crippen molar-refractivity contribution >= 4 is 46.0 Å². The van der Waals surface area contributed by atoms with Crippen molar-refractivity contribution in [2.45, 2.75) is 26.4 Å². The van der Waals surface area contributed by atoms with Gasteiger partial charge in [-0.2, -0.15) is 5.10 Å². The highest BCUT2D eigenvalue weighted by Gasteiger charge is 2.15. The molecule has 0 aliphatic heterocycles. The maximum atomic E-state index is 12.8. The number of nitrogens with zero attached hydrogens (tertiary/aromatic N) is 4. The van der Waals surface area contributed by atoms with Gasteiger partial charge in [-0.15, -0.1) is 0 Å². The fourth-order valence-corrected chi connectivity index (χ4v) is 3.81. The van der Waals surface area contributed by atoms with Crippen LogP contribution in [-0.4, -0.2) is 25.2 Å². The number of imidazole rings is 1. The van der Waals surface area contributed by atoms with E-state index in [1.807, 2.05) is 35.8 Å². The number of hydrogen-bond acceptors (Lipinski definition) is 3. The molecule has 0 spiro atoms. The Morgan fingerprint density at radius 3 is 2.59 bits per heavy atom. The van der Waals surface area contributed by atoms with E-state index in [1.54, 1.807) is 35.1 Å². The van der Waals surface area contributed by atoms with Crippen LogP contribution in [0.25, 0.3) is 11.0 Å². The molecule has 0 saturated heterocycles.